The van der Waals surface area contributed by atoms with Crippen LogP contribution in [0.15, 0.2) is 12.3 Å². The van der Waals surface area contributed by atoms with E-state index in [0.29, 0.717) is 5.92 Å². The van der Waals surface area contributed by atoms with Gasteiger partial charge < -0.3 is 9.55 Å². The fourth-order valence-corrected chi connectivity index (χ4v) is 2.03. The Kier molecular flexibility index (Phi) is 3.10. The number of nitrogens with zero attached hydrogens (tertiary/aromatic N) is 2. The molecule has 1 atom stereocenters. The summed E-state index contributed by atoms with van der Waals surface area (Å²) in [4.78, 5) is 7.67. The highest BCUT2D eigenvalue weighted by Crippen LogP contribution is 2.15. The Morgan fingerprint density at radius 3 is 3.00 bits per heavy atom. The van der Waals surface area contributed by atoms with Crippen molar-refractivity contribution in [2.24, 2.45) is 5.92 Å². The molecule has 0 spiro atoms. The van der Waals surface area contributed by atoms with Crippen LogP contribution in [0.1, 0.15) is 25.8 Å². The van der Waals surface area contributed by atoms with Crippen LogP contribution < -0.4 is 0 Å². The smallest absolute Gasteiger partial charge is 0.179 e. The maximum Gasteiger partial charge on any atom is 0.179 e. The molecule has 2 rings (SSSR count). The number of aromatic amines is 1. The van der Waals surface area contributed by atoms with Crippen LogP contribution in [-0.2, 0) is 6.54 Å². The number of aromatic nitrogens is 3. The molecule has 2 aromatic heterocycles. The Labute approximate surface area is 101 Å². The Balaban J connectivity index is 2.52. The first kappa shape index (κ1) is 11.3. The van der Waals surface area contributed by atoms with Gasteiger partial charge in [-0.2, -0.15) is 0 Å². The van der Waals surface area contributed by atoms with Gasteiger partial charge in [-0.1, -0.05) is 20.3 Å². The summed E-state index contributed by atoms with van der Waals surface area (Å²) in [6.45, 7) is 7.40. The third kappa shape index (κ3) is 2.02. The first-order valence-electron chi connectivity index (χ1n) is 5.67. The predicted molar refractivity (Wildman–Crippen MR) is 69.1 cm³/mol. The van der Waals surface area contributed by atoms with Gasteiger partial charge >= 0.3 is 0 Å². The van der Waals surface area contributed by atoms with Gasteiger partial charge in [0.2, 0.25) is 0 Å². The SMILES string of the molecule is CCC(C)Cn1c(=S)[nH]c2cc(C)cnc21. The number of hydrogen-bond donors (Lipinski definition) is 1. The normalized spacial score (nSPS) is 13.2. The van der Waals surface area contributed by atoms with Crippen molar-refractivity contribution in [3.63, 3.8) is 0 Å². The fraction of sp³-hybridized carbons (Fsp3) is 0.500. The second-order valence-corrected chi connectivity index (χ2v) is 4.82. The van der Waals surface area contributed by atoms with Crippen LogP contribution in [0.2, 0.25) is 0 Å². The molecular formula is C12H17N3S. The average molecular weight is 235 g/mol. The average Bonchev–Trinajstić information content (AvgIpc) is 2.54. The zero-order chi connectivity index (χ0) is 11.7. The lowest BCUT2D eigenvalue weighted by Crippen LogP contribution is -2.07. The number of aryl methyl sites for hydroxylation is 1. The van der Waals surface area contributed by atoms with E-state index in [1.165, 1.54) is 0 Å². The lowest BCUT2D eigenvalue weighted by atomic mass is 10.1. The fourth-order valence-electron chi connectivity index (χ4n) is 1.76. The van der Waals surface area contributed by atoms with Crippen LogP contribution in [0.3, 0.4) is 0 Å². The molecule has 0 saturated carbocycles. The molecule has 0 fully saturated rings. The van der Waals surface area contributed by atoms with Gasteiger partial charge in [0.25, 0.3) is 0 Å². The van der Waals surface area contributed by atoms with E-state index in [2.05, 4.69) is 34.4 Å². The number of hydrogen-bond acceptors (Lipinski definition) is 2. The quantitative estimate of drug-likeness (QED) is 0.827. The first-order chi connectivity index (χ1) is 7.61. The molecule has 0 aromatic carbocycles. The van der Waals surface area contributed by atoms with Crippen LogP contribution in [-0.4, -0.2) is 14.5 Å². The minimum absolute atomic E-state index is 0.619. The number of nitrogens with one attached hydrogen (secondary N) is 1. The van der Waals surface area contributed by atoms with E-state index < -0.39 is 0 Å². The zero-order valence-electron chi connectivity index (χ0n) is 9.95. The topological polar surface area (TPSA) is 33.6 Å². The number of rotatable bonds is 3. The number of fused-ring (bicyclic) bond motifs is 1. The van der Waals surface area contributed by atoms with E-state index in [0.717, 1.165) is 34.5 Å². The molecule has 86 valence electrons. The second kappa shape index (κ2) is 4.37. The highest BCUT2D eigenvalue weighted by Gasteiger charge is 2.08. The summed E-state index contributed by atoms with van der Waals surface area (Å²) in [5.41, 5.74) is 3.16. The Morgan fingerprint density at radius 1 is 1.56 bits per heavy atom. The van der Waals surface area contributed by atoms with Crippen LogP contribution in [0.4, 0.5) is 0 Å². The van der Waals surface area contributed by atoms with Crippen LogP contribution in [0.5, 0.6) is 0 Å². The monoisotopic (exact) mass is 235 g/mol. The largest absolute Gasteiger partial charge is 0.329 e. The van der Waals surface area contributed by atoms with Gasteiger partial charge in [0.05, 0.1) is 5.52 Å². The van der Waals surface area contributed by atoms with Crippen molar-refractivity contribution < 1.29 is 0 Å². The van der Waals surface area contributed by atoms with Gasteiger partial charge in [0, 0.05) is 12.7 Å². The van der Waals surface area contributed by atoms with Crippen LogP contribution >= 0.6 is 12.2 Å². The zero-order valence-corrected chi connectivity index (χ0v) is 10.8. The van der Waals surface area contributed by atoms with Gasteiger partial charge in [-0.05, 0) is 36.7 Å². The molecule has 2 heterocycles. The highest BCUT2D eigenvalue weighted by molar-refractivity contribution is 7.71. The molecule has 0 bridgehead atoms. The van der Waals surface area contributed by atoms with Crippen molar-refractivity contribution >= 4 is 23.4 Å². The molecule has 0 saturated heterocycles. The van der Waals surface area contributed by atoms with Crippen LogP contribution in [0, 0.1) is 17.6 Å². The van der Waals surface area contributed by atoms with Crippen LogP contribution in [0.25, 0.3) is 11.2 Å². The molecule has 1 unspecified atom stereocenters. The summed E-state index contributed by atoms with van der Waals surface area (Å²) < 4.78 is 2.87. The Hall–Kier alpha value is -1.16. The summed E-state index contributed by atoms with van der Waals surface area (Å²) in [7, 11) is 0. The van der Waals surface area contributed by atoms with Gasteiger partial charge in [-0.3, -0.25) is 0 Å². The first-order valence-corrected chi connectivity index (χ1v) is 6.07. The third-order valence-electron chi connectivity index (χ3n) is 2.94. The lowest BCUT2D eigenvalue weighted by Gasteiger charge is -2.09. The van der Waals surface area contributed by atoms with Gasteiger partial charge in [0.1, 0.15) is 0 Å². The second-order valence-electron chi connectivity index (χ2n) is 4.44. The van der Waals surface area contributed by atoms with Gasteiger partial charge in [0.15, 0.2) is 10.4 Å². The van der Waals surface area contributed by atoms with Crippen molar-refractivity contribution in [3.8, 4) is 0 Å². The highest BCUT2D eigenvalue weighted by atomic mass is 32.1. The molecule has 4 heteroatoms. The maximum absolute atomic E-state index is 5.33. The predicted octanol–water partition coefficient (Wildman–Crippen LogP) is 3.45. The molecule has 3 nitrogen and oxygen atoms in total. The summed E-state index contributed by atoms with van der Waals surface area (Å²) in [6, 6.07) is 2.09. The molecule has 0 aliphatic rings. The molecular weight excluding hydrogens is 218 g/mol. The summed E-state index contributed by atoms with van der Waals surface area (Å²) >= 11 is 5.33. The van der Waals surface area contributed by atoms with Crippen molar-refractivity contribution in [1.82, 2.24) is 14.5 Å². The number of imidazole rings is 1. The summed E-state index contributed by atoms with van der Waals surface area (Å²) in [5.74, 6) is 0.619. The summed E-state index contributed by atoms with van der Waals surface area (Å²) in [5, 5.41) is 0. The lowest BCUT2D eigenvalue weighted by molar-refractivity contribution is 0.471. The minimum atomic E-state index is 0.619. The molecule has 1 N–H and O–H groups in total. The van der Waals surface area contributed by atoms with Crippen molar-refractivity contribution in [1.29, 1.82) is 0 Å². The molecule has 2 aromatic rings. The van der Waals surface area contributed by atoms with Crippen molar-refractivity contribution in [2.75, 3.05) is 0 Å². The van der Waals surface area contributed by atoms with E-state index in [4.69, 9.17) is 12.2 Å². The molecule has 0 aliphatic carbocycles. The van der Waals surface area contributed by atoms with Crippen molar-refractivity contribution in [2.45, 2.75) is 33.7 Å². The molecule has 16 heavy (non-hydrogen) atoms. The summed E-state index contributed by atoms with van der Waals surface area (Å²) in [6.07, 6.45) is 3.04. The van der Waals surface area contributed by atoms with E-state index in [-0.39, 0.29) is 0 Å². The Bertz CT molecular complexity index is 553. The van der Waals surface area contributed by atoms with Gasteiger partial charge in [-0.15, -0.1) is 0 Å². The molecule has 0 radical (unpaired) electrons. The van der Waals surface area contributed by atoms with E-state index in [9.17, 15) is 0 Å². The number of pyridine rings is 1. The van der Waals surface area contributed by atoms with Gasteiger partial charge in [-0.25, -0.2) is 4.98 Å². The number of H-pyrrole nitrogens is 1. The van der Waals surface area contributed by atoms with Crippen molar-refractivity contribution in [3.05, 3.63) is 22.6 Å². The minimum Gasteiger partial charge on any atom is -0.329 e. The van der Waals surface area contributed by atoms with E-state index in [1.54, 1.807) is 0 Å². The molecule has 0 aliphatic heterocycles. The Morgan fingerprint density at radius 2 is 2.31 bits per heavy atom. The van der Waals surface area contributed by atoms with E-state index in [1.807, 2.05) is 13.1 Å². The third-order valence-corrected chi connectivity index (χ3v) is 3.26. The standard InChI is InChI=1S/C12H17N3S/c1-4-8(2)7-15-11-10(14-12(15)16)5-9(3)6-13-11/h5-6,8H,4,7H2,1-3H3,(H,14,16). The molecule has 0 amide bonds. The van der Waals surface area contributed by atoms with E-state index >= 15 is 0 Å². The maximum atomic E-state index is 5.33.